The smallest absolute Gasteiger partial charge is 0.224 e. The van der Waals surface area contributed by atoms with Crippen molar-refractivity contribution in [3.05, 3.63) is 71.3 Å². The summed E-state index contributed by atoms with van der Waals surface area (Å²) in [4.78, 5) is 25.2. The zero-order chi connectivity index (χ0) is 18.2. The molecule has 0 bridgehead atoms. The molecular weight excluding hydrogens is 326 g/mol. The summed E-state index contributed by atoms with van der Waals surface area (Å²) in [6.45, 7) is 0.254. The van der Waals surface area contributed by atoms with Crippen molar-refractivity contribution in [3.8, 4) is 0 Å². The second-order valence-corrected chi connectivity index (χ2v) is 5.75. The molecule has 132 valence electrons. The number of halogens is 2. The lowest BCUT2D eigenvalue weighted by Gasteiger charge is -2.18. The SMILES string of the molecule is CN(Cc1ccc(F)cc1F)C(=O)CCNC(=O)Cc1ccccc1. The summed E-state index contributed by atoms with van der Waals surface area (Å²) in [5.74, 6) is -1.73. The van der Waals surface area contributed by atoms with Crippen LogP contribution in [0, 0.1) is 11.6 Å². The Morgan fingerprint density at radius 1 is 1.08 bits per heavy atom. The van der Waals surface area contributed by atoms with Gasteiger partial charge >= 0.3 is 0 Å². The summed E-state index contributed by atoms with van der Waals surface area (Å²) in [6.07, 6.45) is 0.367. The molecule has 0 unspecified atom stereocenters. The number of benzene rings is 2. The van der Waals surface area contributed by atoms with E-state index >= 15 is 0 Å². The Bertz CT molecular complexity index is 735. The second-order valence-electron chi connectivity index (χ2n) is 5.75. The maximum Gasteiger partial charge on any atom is 0.224 e. The fourth-order valence-corrected chi connectivity index (χ4v) is 2.34. The molecule has 0 atom stereocenters. The van der Waals surface area contributed by atoms with Crippen molar-refractivity contribution in [3.63, 3.8) is 0 Å². The van der Waals surface area contributed by atoms with Crippen molar-refractivity contribution in [1.82, 2.24) is 10.2 Å². The molecule has 0 heterocycles. The van der Waals surface area contributed by atoms with E-state index in [0.29, 0.717) is 0 Å². The lowest BCUT2D eigenvalue weighted by atomic mass is 10.1. The Hall–Kier alpha value is -2.76. The van der Waals surface area contributed by atoms with E-state index in [2.05, 4.69) is 5.32 Å². The number of hydrogen-bond acceptors (Lipinski definition) is 2. The zero-order valence-corrected chi connectivity index (χ0v) is 14.0. The molecule has 0 fully saturated rings. The van der Waals surface area contributed by atoms with Gasteiger partial charge in [-0.15, -0.1) is 0 Å². The highest BCUT2D eigenvalue weighted by Gasteiger charge is 2.13. The summed E-state index contributed by atoms with van der Waals surface area (Å²) in [6, 6.07) is 12.6. The van der Waals surface area contributed by atoms with Gasteiger partial charge in [-0.05, 0) is 11.6 Å². The van der Waals surface area contributed by atoms with Gasteiger partial charge < -0.3 is 10.2 Å². The number of nitrogens with zero attached hydrogens (tertiary/aromatic N) is 1. The molecule has 0 aliphatic carbocycles. The maximum atomic E-state index is 13.6. The van der Waals surface area contributed by atoms with Crippen molar-refractivity contribution in [2.75, 3.05) is 13.6 Å². The molecule has 25 heavy (non-hydrogen) atoms. The molecule has 0 saturated heterocycles. The molecule has 0 aliphatic rings. The fraction of sp³-hybridized carbons (Fsp3) is 0.263. The van der Waals surface area contributed by atoms with E-state index in [1.807, 2.05) is 30.3 Å². The first-order valence-corrected chi connectivity index (χ1v) is 7.94. The summed E-state index contributed by atoms with van der Waals surface area (Å²) in [5, 5.41) is 2.69. The first-order valence-electron chi connectivity index (χ1n) is 7.94. The van der Waals surface area contributed by atoms with Crippen molar-refractivity contribution < 1.29 is 18.4 Å². The van der Waals surface area contributed by atoms with Crippen LogP contribution in [-0.4, -0.2) is 30.3 Å². The first kappa shape index (κ1) is 18.6. The van der Waals surface area contributed by atoms with Crippen molar-refractivity contribution in [2.24, 2.45) is 0 Å². The molecule has 2 aromatic rings. The quantitative estimate of drug-likeness (QED) is 0.838. The van der Waals surface area contributed by atoms with Crippen LogP contribution in [0.4, 0.5) is 8.78 Å². The standard InChI is InChI=1S/C19H20F2N2O2/c1-23(13-15-7-8-16(20)12-17(15)21)19(25)9-10-22-18(24)11-14-5-3-2-4-6-14/h2-8,12H,9-11,13H2,1H3,(H,22,24). The summed E-state index contributed by atoms with van der Waals surface area (Å²) in [5.41, 5.74) is 1.14. The van der Waals surface area contributed by atoms with Crippen molar-refractivity contribution >= 4 is 11.8 Å². The predicted molar refractivity (Wildman–Crippen MR) is 90.6 cm³/mol. The monoisotopic (exact) mass is 346 g/mol. The molecule has 2 amide bonds. The maximum absolute atomic E-state index is 13.6. The number of carbonyl (C=O) groups is 2. The van der Waals surface area contributed by atoms with Crippen LogP contribution in [0.15, 0.2) is 48.5 Å². The average molecular weight is 346 g/mol. The average Bonchev–Trinajstić information content (AvgIpc) is 2.58. The molecule has 0 saturated carbocycles. The van der Waals surface area contributed by atoms with Crippen LogP contribution in [0.5, 0.6) is 0 Å². The number of hydrogen-bond donors (Lipinski definition) is 1. The highest BCUT2D eigenvalue weighted by Crippen LogP contribution is 2.12. The van der Waals surface area contributed by atoms with Crippen LogP contribution in [0.25, 0.3) is 0 Å². The molecule has 0 aromatic heterocycles. The summed E-state index contributed by atoms with van der Waals surface area (Å²) >= 11 is 0. The van der Waals surface area contributed by atoms with Crippen LogP contribution >= 0.6 is 0 Å². The van der Waals surface area contributed by atoms with Gasteiger partial charge in [0.25, 0.3) is 0 Å². The predicted octanol–water partition coefficient (Wildman–Crippen LogP) is 2.67. The van der Waals surface area contributed by atoms with Gasteiger partial charge in [-0.3, -0.25) is 9.59 Å². The number of carbonyl (C=O) groups excluding carboxylic acids is 2. The van der Waals surface area contributed by atoms with Crippen LogP contribution in [-0.2, 0) is 22.6 Å². The minimum Gasteiger partial charge on any atom is -0.355 e. The Kier molecular flexibility index (Phi) is 6.62. The van der Waals surface area contributed by atoms with E-state index in [1.54, 1.807) is 0 Å². The fourth-order valence-electron chi connectivity index (χ4n) is 2.34. The summed E-state index contributed by atoms with van der Waals surface area (Å²) < 4.78 is 26.5. The minimum atomic E-state index is -0.684. The van der Waals surface area contributed by atoms with Gasteiger partial charge in [-0.25, -0.2) is 8.78 Å². The lowest BCUT2D eigenvalue weighted by molar-refractivity contribution is -0.130. The molecule has 4 nitrogen and oxygen atoms in total. The largest absolute Gasteiger partial charge is 0.355 e. The summed E-state index contributed by atoms with van der Waals surface area (Å²) in [7, 11) is 1.54. The first-order chi connectivity index (χ1) is 12.0. The van der Waals surface area contributed by atoms with Crippen LogP contribution in [0.1, 0.15) is 17.5 Å². The highest BCUT2D eigenvalue weighted by molar-refractivity contribution is 5.80. The third-order valence-corrected chi connectivity index (χ3v) is 3.72. The molecule has 1 N–H and O–H groups in total. The minimum absolute atomic E-state index is 0.0446. The van der Waals surface area contributed by atoms with Crippen LogP contribution in [0.2, 0.25) is 0 Å². The van der Waals surface area contributed by atoms with Crippen molar-refractivity contribution in [2.45, 2.75) is 19.4 Å². The Balaban J connectivity index is 1.74. The Labute approximate surface area is 145 Å². The Morgan fingerprint density at radius 2 is 1.80 bits per heavy atom. The molecule has 6 heteroatoms. The molecule has 0 radical (unpaired) electrons. The molecule has 0 aliphatic heterocycles. The molecule has 0 spiro atoms. The number of amides is 2. The van der Waals surface area contributed by atoms with Crippen molar-refractivity contribution in [1.29, 1.82) is 0 Å². The third-order valence-electron chi connectivity index (χ3n) is 3.72. The van der Waals surface area contributed by atoms with E-state index in [9.17, 15) is 18.4 Å². The van der Waals surface area contributed by atoms with Gasteiger partial charge in [-0.1, -0.05) is 36.4 Å². The second kappa shape index (κ2) is 8.92. The van der Waals surface area contributed by atoms with Gasteiger partial charge in [0.05, 0.1) is 6.42 Å². The highest BCUT2D eigenvalue weighted by atomic mass is 19.1. The number of rotatable bonds is 7. The normalized spacial score (nSPS) is 10.4. The lowest BCUT2D eigenvalue weighted by Crippen LogP contribution is -2.32. The van der Waals surface area contributed by atoms with E-state index in [-0.39, 0.29) is 43.3 Å². The van der Waals surface area contributed by atoms with E-state index < -0.39 is 11.6 Å². The molecular formula is C19H20F2N2O2. The van der Waals surface area contributed by atoms with Gasteiger partial charge in [0, 0.05) is 38.2 Å². The van der Waals surface area contributed by atoms with E-state index in [1.165, 1.54) is 18.0 Å². The van der Waals surface area contributed by atoms with Gasteiger partial charge in [0.2, 0.25) is 11.8 Å². The van der Waals surface area contributed by atoms with Gasteiger partial charge in [0.1, 0.15) is 11.6 Å². The van der Waals surface area contributed by atoms with Gasteiger partial charge in [0.15, 0.2) is 0 Å². The van der Waals surface area contributed by atoms with Gasteiger partial charge in [-0.2, -0.15) is 0 Å². The zero-order valence-electron chi connectivity index (χ0n) is 14.0. The van der Waals surface area contributed by atoms with E-state index in [4.69, 9.17) is 0 Å². The number of nitrogens with one attached hydrogen (secondary N) is 1. The van der Waals surface area contributed by atoms with E-state index in [0.717, 1.165) is 17.7 Å². The third kappa shape index (κ3) is 5.99. The van der Waals surface area contributed by atoms with Crippen LogP contribution in [0.3, 0.4) is 0 Å². The van der Waals surface area contributed by atoms with Crippen LogP contribution < -0.4 is 5.32 Å². The topological polar surface area (TPSA) is 49.4 Å². The molecule has 2 aromatic carbocycles. The molecule has 2 rings (SSSR count). The Morgan fingerprint density at radius 3 is 2.48 bits per heavy atom.